The first-order valence-electron chi connectivity index (χ1n) is 9.79. The molecule has 3 aromatic rings. The summed E-state index contributed by atoms with van der Waals surface area (Å²) in [6.45, 7) is 2.56. The van der Waals surface area contributed by atoms with Crippen molar-refractivity contribution in [1.82, 2.24) is 0 Å². The zero-order chi connectivity index (χ0) is 23.1. The van der Waals surface area contributed by atoms with Gasteiger partial charge in [-0.3, -0.25) is 10.1 Å². The molecule has 0 heterocycles. The fraction of sp³-hybridized carbons (Fsp3) is 0.167. The van der Waals surface area contributed by atoms with Crippen molar-refractivity contribution in [1.29, 1.82) is 0 Å². The molecule has 3 rings (SSSR count). The molecule has 0 amide bonds. The third-order valence-electron chi connectivity index (χ3n) is 4.92. The fourth-order valence-corrected chi connectivity index (χ4v) is 3.48. The molecular formula is C24H21BrF2N2O3. The van der Waals surface area contributed by atoms with Crippen molar-refractivity contribution >= 4 is 27.3 Å². The maximum atomic E-state index is 14.4. The molecule has 0 bridgehead atoms. The third-order valence-corrected chi connectivity index (χ3v) is 5.30. The summed E-state index contributed by atoms with van der Waals surface area (Å²) in [7, 11) is 0. The number of halogens is 3. The Balaban J connectivity index is 1.92. The normalized spacial score (nSPS) is 11.0. The Morgan fingerprint density at radius 3 is 2.50 bits per heavy atom. The van der Waals surface area contributed by atoms with Crippen LogP contribution in [-0.4, -0.2) is 11.5 Å². The van der Waals surface area contributed by atoms with E-state index in [2.05, 4.69) is 15.9 Å². The number of nitro groups is 1. The molecule has 0 fully saturated rings. The number of anilines is 1. The number of benzene rings is 3. The first kappa shape index (κ1) is 23.4. The summed E-state index contributed by atoms with van der Waals surface area (Å²) < 4.78 is 33.3. The van der Waals surface area contributed by atoms with Crippen LogP contribution in [0.15, 0.2) is 71.7 Å². The molecule has 32 heavy (non-hydrogen) atoms. The first-order valence-corrected chi connectivity index (χ1v) is 10.7. The molecule has 0 atom stereocenters. The van der Waals surface area contributed by atoms with Gasteiger partial charge < -0.3 is 9.64 Å². The molecule has 8 heteroatoms. The average Bonchev–Trinajstić information content (AvgIpc) is 2.76. The second-order valence-corrected chi connectivity index (χ2v) is 7.62. The van der Waals surface area contributed by atoms with Gasteiger partial charge >= 0.3 is 0 Å². The number of hydrogen-bond acceptors (Lipinski definition) is 4. The van der Waals surface area contributed by atoms with Crippen molar-refractivity contribution < 1.29 is 18.4 Å². The summed E-state index contributed by atoms with van der Waals surface area (Å²) in [5.41, 5.74) is 2.25. The van der Waals surface area contributed by atoms with E-state index in [9.17, 15) is 18.9 Å². The molecule has 0 spiro atoms. The van der Waals surface area contributed by atoms with Gasteiger partial charge in [-0.1, -0.05) is 40.2 Å². The number of hydrogen-bond donors (Lipinski definition) is 0. The minimum Gasteiger partial charge on any atom is -0.490 e. The Bertz CT molecular complexity index is 1120. The molecular weight excluding hydrogens is 482 g/mol. The Morgan fingerprint density at radius 1 is 1.09 bits per heavy atom. The van der Waals surface area contributed by atoms with Gasteiger partial charge in [0.25, 0.3) is 5.69 Å². The molecule has 0 radical (unpaired) electrons. The molecule has 0 saturated carbocycles. The minimum atomic E-state index is -0.665. The van der Waals surface area contributed by atoms with Crippen LogP contribution in [0, 0.1) is 28.7 Å². The van der Waals surface area contributed by atoms with E-state index in [4.69, 9.17) is 4.74 Å². The lowest BCUT2D eigenvalue weighted by Gasteiger charge is -2.27. The lowest BCUT2D eigenvalue weighted by Crippen LogP contribution is -2.24. The standard InChI is InChI=1S/C24H21BrF2N2O3/c1-17-23(4-2-5-24(17)29(30)31)28(16-19-8-9-20(26)14-22(19)27)15-18-6-10-21(11-7-18)32-13-3-12-25/h2-12,14H,13,15-16H2,1H3. The van der Waals surface area contributed by atoms with Crippen LogP contribution in [0.2, 0.25) is 0 Å². The Hall–Kier alpha value is -3.26. The van der Waals surface area contributed by atoms with Gasteiger partial charge in [-0.05, 0) is 47.8 Å². The molecule has 5 nitrogen and oxygen atoms in total. The van der Waals surface area contributed by atoms with E-state index in [1.807, 2.05) is 35.2 Å². The van der Waals surface area contributed by atoms with Crippen molar-refractivity contribution in [3.8, 4) is 5.75 Å². The second-order valence-electron chi connectivity index (χ2n) is 7.09. The lowest BCUT2D eigenvalue weighted by molar-refractivity contribution is -0.385. The largest absolute Gasteiger partial charge is 0.490 e. The first-order chi connectivity index (χ1) is 15.4. The van der Waals surface area contributed by atoms with Crippen molar-refractivity contribution in [3.05, 3.63) is 110 Å². The molecule has 3 aromatic carbocycles. The maximum Gasteiger partial charge on any atom is 0.274 e. The van der Waals surface area contributed by atoms with E-state index in [1.165, 1.54) is 18.2 Å². The molecule has 166 valence electrons. The van der Waals surface area contributed by atoms with Gasteiger partial charge in [0, 0.05) is 36.5 Å². The molecule has 0 aromatic heterocycles. The van der Waals surface area contributed by atoms with Crippen LogP contribution in [0.5, 0.6) is 5.75 Å². The number of rotatable bonds is 9. The van der Waals surface area contributed by atoms with Crippen LogP contribution in [0.25, 0.3) is 0 Å². The summed E-state index contributed by atoms with van der Waals surface area (Å²) in [5.74, 6) is -0.627. The van der Waals surface area contributed by atoms with Gasteiger partial charge in [0.2, 0.25) is 0 Å². The molecule has 0 aliphatic heterocycles. The topological polar surface area (TPSA) is 55.6 Å². The van der Waals surface area contributed by atoms with Crippen LogP contribution in [0.4, 0.5) is 20.2 Å². The highest BCUT2D eigenvalue weighted by Gasteiger charge is 2.19. The predicted molar refractivity (Wildman–Crippen MR) is 124 cm³/mol. The monoisotopic (exact) mass is 502 g/mol. The fourth-order valence-electron chi connectivity index (χ4n) is 3.33. The minimum absolute atomic E-state index is 0.0179. The van der Waals surface area contributed by atoms with Crippen LogP contribution in [-0.2, 0) is 13.1 Å². The highest BCUT2D eigenvalue weighted by atomic mass is 79.9. The van der Waals surface area contributed by atoms with Crippen LogP contribution < -0.4 is 9.64 Å². The van der Waals surface area contributed by atoms with E-state index in [1.54, 1.807) is 24.0 Å². The highest BCUT2D eigenvalue weighted by Crippen LogP contribution is 2.31. The Morgan fingerprint density at radius 2 is 1.84 bits per heavy atom. The van der Waals surface area contributed by atoms with E-state index in [0.717, 1.165) is 11.6 Å². The molecule has 0 aliphatic rings. The molecule has 0 saturated heterocycles. The van der Waals surface area contributed by atoms with Crippen LogP contribution in [0.1, 0.15) is 16.7 Å². The summed E-state index contributed by atoms with van der Waals surface area (Å²) in [6.07, 6.45) is 1.82. The van der Waals surface area contributed by atoms with Crippen LogP contribution >= 0.6 is 15.9 Å². The highest BCUT2D eigenvalue weighted by molar-refractivity contribution is 9.11. The third kappa shape index (κ3) is 5.91. The van der Waals surface area contributed by atoms with Crippen LogP contribution in [0.3, 0.4) is 0 Å². The maximum absolute atomic E-state index is 14.4. The summed E-state index contributed by atoms with van der Waals surface area (Å²) in [6, 6.07) is 15.6. The molecule has 0 unspecified atom stereocenters. The number of nitrogens with zero attached hydrogens (tertiary/aromatic N) is 2. The van der Waals surface area contributed by atoms with Crippen molar-refractivity contribution in [2.24, 2.45) is 0 Å². The average molecular weight is 503 g/mol. The second kappa shape index (κ2) is 10.9. The van der Waals surface area contributed by atoms with Gasteiger partial charge in [0.05, 0.1) is 10.5 Å². The van der Waals surface area contributed by atoms with E-state index in [-0.39, 0.29) is 12.2 Å². The van der Waals surface area contributed by atoms with Gasteiger partial charge in [-0.25, -0.2) is 8.78 Å². The number of ether oxygens (including phenoxy) is 1. The van der Waals surface area contributed by atoms with E-state index < -0.39 is 16.6 Å². The van der Waals surface area contributed by atoms with Gasteiger partial charge in [-0.15, -0.1) is 0 Å². The smallest absolute Gasteiger partial charge is 0.274 e. The van der Waals surface area contributed by atoms with Crippen molar-refractivity contribution in [2.75, 3.05) is 11.5 Å². The van der Waals surface area contributed by atoms with Gasteiger partial charge in [-0.2, -0.15) is 0 Å². The Kier molecular flexibility index (Phi) is 7.94. The molecule has 0 aliphatic carbocycles. The predicted octanol–water partition coefficient (Wildman–Crippen LogP) is 6.68. The Labute approximate surface area is 193 Å². The SMILES string of the molecule is Cc1c(N(Cc2ccc(OCC=CBr)cc2)Cc2ccc(F)cc2F)cccc1[N+](=O)[O-]. The summed E-state index contributed by atoms with van der Waals surface area (Å²) in [5, 5.41) is 11.4. The van der Waals surface area contributed by atoms with E-state index in [0.29, 0.717) is 35.7 Å². The quantitative estimate of drug-likeness (QED) is 0.242. The lowest BCUT2D eigenvalue weighted by atomic mass is 10.1. The zero-order valence-electron chi connectivity index (χ0n) is 17.3. The zero-order valence-corrected chi connectivity index (χ0v) is 18.9. The van der Waals surface area contributed by atoms with Gasteiger partial charge in [0.1, 0.15) is 24.0 Å². The summed E-state index contributed by atoms with van der Waals surface area (Å²) >= 11 is 3.18. The van der Waals surface area contributed by atoms with E-state index >= 15 is 0 Å². The van der Waals surface area contributed by atoms with Crippen molar-refractivity contribution in [2.45, 2.75) is 20.0 Å². The summed E-state index contributed by atoms with van der Waals surface area (Å²) in [4.78, 5) is 14.5. The number of nitro benzene ring substituents is 1. The molecule has 0 N–H and O–H groups in total. The van der Waals surface area contributed by atoms with Crippen molar-refractivity contribution in [3.63, 3.8) is 0 Å². The van der Waals surface area contributed by atoms with Gasteiger partial charge in [0.15, 0.2) is 0 Å².